The highest BCUT2D eigenvalue weighted by atomic mass is 15.4. The molecule has 0 spiro atoms. The molecular weight excluding hydrogens is 114 g/mol. The van der Waals surface area contributed by atoms with Gasteiger partial charge in [-0.3, -0.25) is 0 Å². The fraction of sp³-hybridized carbons (Fsp3) is 0.500. The van der Waals surface area contributed by atoms with Gasteiger partial charge in [0.2, 0.25) is 0 Å². The van der Waals surface area contributed by atoms with Crippen LogP contribution in [-0.4, -0.2) is 13.3 Å². The third-order valence-corrected chi connectivity index (χ3v) is 0.699. The van der Waals surface area contributed by atoms with Gasteiger partial charge >= 0.3 is 0 Å². The molecule has 0 atom stereocenters. The minimum absolute atomic E-state index is 0.638. The highest BCUT2D eigenvalue weighted by Gasteiger charge is 1.78. The van der Waals surface area contributed by atoms with Crippen molar-refractivity contribution in [1.82, 2.24) is 10.9 Å². The SMILES string of the molecule is C=C(N=CCC)NNC. The molecule has 3 heteroatoms. The Morgan fingerprint density at radius 3 is 2.89 bits per heavy atom. The Hall–Kier alpha value is -0.830. The van der Waals surface area contributed by atoms with Crippen molar-refractivity contribution in [3.8, 4) is 0 Å². The van der Waals surface area contributed by atoms with Crippen molar-refractivity contribution in [3.05, 3.63) is 12.4 Å². The zero-order chi connectivity index (χ0) is 7.11. The smallest absolute Gasteiger partial charge is 0.132 e. The maximum Gasteiger partial charge on any atom is 0.132 e. The maximum atomic E-state index is 3.94. The standard InChI is InChI=1S/C6H13N3/c1-4-5-8-6(2)9-7-3/h5,7,9H,2,4H2,1,3H3. The lowest BCUT2D eigenvalue weighted by molar-refractivity contribution is 0.685. The van der Waals surface area contributed by atoms with E-state index in [1.54, 1.807) is 13.3 Å². The summed E-state index contributed by atoms with van der Waals surface area (Å²) in [6, 6.07) is 0. The molecular formula is C6H13N3. The second-order valence-corrected chi connectivity index (χ2v) is 1.54. The van der Waals surface area contributed by atoms with Gasteiger partial charge in [-0.05, 0) is 6.42 Å². The third-order valence-electron chi connectivity index (χ3n) is 0.699. The van der Waals surface area contributed by atoms with Crippen LogP contribution >= 0.6 is 0 Å². The number of hydrogen-bond acceptors (Lipinski definition) is 3. The topological polar surface area (TPSA) is 36.4 Å². The first-order valence-electron chi connectivity index (χ1n) is 2.95. The van der Waals surface area contributed by atoms with Crippen LogP contribution in [0.25, 0.3) is 0 Å². The van der Waals surface area contributed by atoms with E-state index in [0.717, 1.165) is 6.42 Å². The molecule has 2 N–H and O–H groups in total. The zero-order valence-corrected chi connectivity index (χ0v) is 5.94. The molecule has 0 heterocycles. The molecule has 0 aromatic carbocycles. The zero-order valence-electron chi connectivity index (χ0n) is 5.94. The van der Waals surface area contributed by atoms with Gasteiger partial charge in [-0.25, -0.2) is 10.4 Å². The molecule has 9 heavy (non-hydrogen) atoms. The Kier molecular flexibility index (Phi) is 4.82. The molecule has 0 rings (SSSR count). The maximum absolute atomic E-state index is 3.94. The van der Waals surface area contributed by atoms with E-state index >= 15 is 0 Å². The van der Waals surface area contributed by atoms with E-state index in [9.17, 15) is 0 Å². The lowest BCUT2D eigenvalue weighted by Gasteiger charge is -1.99. The van der Waals surface area contributed by atoms with Crippen molar-refractivity contribution in [3.63, 3.8) is 0 Å². The fourth-order valence-corrected chi connectivity index (χ4v) is 0.378. The van der Waals surface area contributed by atoms with Crippen LogP contribution in [0.2, 0.25) is 0 Å². The van der Waals surface area contributed by atoms with Crippen molar-refractivity contribution in [2.75, 3.05) is 7.05 Å². The number of nitrogens with one attached hydrogen (secondary N) is 2. The number of aliphatic imine (C=N–C) groups is 1. The summed E-state index contributed by atoms with van der Waals surface area (Å²) < 4.78 is 0. The summed E-state index contributed by atoms with van der Waals surface area (Å²) in [7, 11) is 1.77. The number of hydrogen-bond donors (Lipinski definition) is 2. The van der Waals surface area contributed by atoms with Gasteiger partial charge in [-0.1, -0.05) is 13.5 Å². The first-order chi connectivity index (χ1) is 4.31. The molecule has 0 aromatic rings. The molecule has 0 unspecified atom stereocenters. The van der Waals surface area contributed by atoms with Gasteiger partial charge in [-0.2, -0.15) is 0 Å². The molecule has 0 amide bonds. The Morgan fingerprint density at radius 1 is 1.78 bits per heavy atom. The molecule has 0 aromatic heterocycles. The molecule has 0 fully saturated rings. The molecule has 52 valence electrons. The average Bonchev–Trinajstić information content (AvgIpc) is 1.85. The Morgan fingerprint density at radius 2 is 2.44 bits per heavy atom. The van der Waals surface area contributed by atoms with Crippen molar-refractivity contribution in [2.45, 2.75) is 13.3 Å². The summed E-state index contributed by atoms with van der Waals surface area (Å²) in [5.41, 5.74) is 5.45. The second kappa shape index (κ2) is 5.31. The summed E-state index contributed by atoms with van der Waals surface area (Å²) in [5, 5.41) is 0. The molecule has 0 saturated heterocycles. The second-order valence-electron chi connectivity index (χ2n) is 1.54. The van der Waals surface area contributed by atoms with E-state index < -0.39 is 0 Å². The summed E-state index contributed by atoms with van der Waals surface area (Å²) in [5.74, 6) is 0.638. The summed E-state index contributed by atoms with van der Waals surface area (Å²) in [6.45, 7) is 5.63. The van der Waals surface area contributed by atoms with Crippen LogP contribution in [0.15, 0.2) is 17.4 Å². The van der Waals surface area contributed by atoms with Crippen LogP contribution in [0.5, 0.6) is 0 Å². The lowest BCUT2D eigenvalue weighted by atomic mass is 10.5. The molecule has 0 aliphatic heterocycles. The normalized spacial score (nSPS) is 10.0. The monoisotopic (exact) mass is 127 g/mol. The number of hydrazine groups is 1. The van der Waals surface area contributed by atoms with Crippen molar-refractivity contribution in [2.24, 2.45) is 4.99 Å². The van der Waals surface area contributed by atoms with Gasteiger partial charge in [0.1, 0.15) is 5.82 Å². The van der Waals surface area contributed by atoms with Crippen LogP contribution < -0.4 is 10.9 Å². The van der Waals surface area contributed by atoms with E-state index in [1.807, 2.05) is 6.92 Å². The average molecular weight is 127 g/mol. The summed E-state index contributed by atoms with van der Waals surface area (Å²) in [4.78, 5) is 3.94. The molecule has 0 aliphatic rings. The Bertz CT molecular complexity index is 107. The predicted molar refractivity (Wildman–Crippen MR) is 40.1 cm³/mol. The van der Waals surface area contributed by atoms with Gasteiger partial charge in [0.25, 0.3) is 0 Å². The van der Waals surface area contributed by atoms with Crippen LogP contribution in [0.1, 0.15) is 13.3 Å². The molecule has 0 bridgehead atoms. The molecule has 0 saturated carbocycles. The Balaban J connectivity index is 3.37. The van der Waals surface area contributed by atoms with Crippen LogP contribution in [0, 0.1) is 0 Å². The first-order valence-corrected chi connectivity index (χ1v) is 2.95. The summed E-state index contributed by atoms with van der Waals surface area (Å²) >= 11 is 0. The fourth-order valence-electron chi connectivity index (χ4n) is 0.378. The van der Waals surface area contributed by atoms with Crippen molar-refractivity contribution < 1.29 is 0 Å². The molecule has 0 radical (unpaired) electrons. The largest absolute Gasteiger partial charge is 0.307 e. The van der Waals surface area contributed by atoms with Crippen molar-refractivity contribution >= 4 is 6.21 Å². The van der Waals surface area contributed by atoms with Gasteiger partial charge in [-0.15, -0.1) is 0 Å². The third kappa shape index (κ3) is 5.03. The Labute approximate surface area is 55.8 Å². The molecule has 3 nitrogen and oxygen atoms in total. The van der Waals surface area contributed by atoms with E-state index in [-0.39, 0.29) is 0 Å². The van der Waals surface area contributed by atoms with E-state index in [1.165, 1.54) is 0 Å². The van der Waals surface area contributed by atoms with Gasteiger partial charge in [0.05, 0.1) is 0 Å². The highest BCUT2D eigenvalue weighted by molar-refractivity contribution is 5.57. The number of rotatable bonds is 4. The highest BCUT2D eigenvalue weighted by Crippen LogP contribution is 1.81. The lowest BCUT2D eigenvalue weighted by Crippen LogP contribution is -2.25. The quantitative estimate of drug-likeness (QED) is 0.430. The van der Waals surface area contributed by atoms with Crippen LogP contribution in [0.4, 0.5) is 0 Å². The molecule has 0 aliphatic carbocycles. The van der Waals surface area contributed by atoms with Crippen LogP contribution in [-0.2, 0) is 0 Å². The van der Waals surface area contributed by atoms with Gasteiger partial charge in [0, 0.05) is 13.3 Å². The predicted octanol–water partition coefficient (Wildman–Crippen LogP) is 0.662. The van der Waals surface area contributed by atoms with E-state index in [4.69, 9.17) is 0 Å². The van der Waals surface area contributed by atoms with Gasteiger partial charge < -0.3 is 5.43 Å². The van der Waals surface area contributed by atoms with Crippen molar-refractivity contribution in [1.29, 1.82) is 0 Å². The van der Waals surface area contributed by atoms with Crippen LogP contribution in [0.3, 0.4) is 0 Å². The minimum Gasteiger partial charge on any atom is -0.307 e. The minimum atomic E-state index is 0.638. The van der Waals surface area contributed by atoms with Gasteiger partial charge in [0.15, 0.2) is 0 Å². The van der Waals surface area contributed by atoms with E-state index in [0.29, 0.717) is 5.82 Å². The summed E-state index contributed by atoms with van der Waals surface area (Å²) in [6.07, 6.45) is 2.73. The first kappa shape index (κ1) is 8.17. The van der Waals surface area contributed by atoms with E-state index in [2.05, 4.69) is 22.4 Å². The number of nitrogens with zero attached hydrogens (tertiary/aromatic N) is 1.